The van der Waals surface area contributed by atoms with E-state index in [4.69, 9.17) is 4.74 Å². The zero-order valence-electron chi connectivity index (χ0n) is 11.5. The minimum Gasteiger partial charge on any atom is -0.381 e. The molecular formula is C15H21BrFNO. The van der Waals surface area contributed by atoms with Crippen molar-refractivity contribution < 1.29 is 9.13 Å². The van der Waals surface area contributed by atoms with Crippen LogP contribution in [0.2, 0.25) is 0 Å². The van der Waals surface area contributed by atoms with Gasteiger partial charge in [0.25, 0.3) is 0 Å². The number of benzene rings is 1. The van der Waals surface area contributed by atoms with E-state index >= 15 is 0 Å². The fraction of sp³-hybridized carbons (Fsp3) is 0.600. The molecule has 0 spiro atoms. The van der Waals surface area contributed by atoms with Crippen LogP contribution in [0.15, 0.2) is 22.7 Å². The van der Waals surface area contributed by atoms with Crippen LogP contribution in [0.25, 0.3) is 0 Å². The molecule has 106 valence electrons. The summed E-state index contributed by atoms with van der Waals surface area (Å²) in [7, 11) is 0. The molecule has 1 aromatic rings. The molecule has 0 amide bonds. The van der Waals surface area contributed by atoms with E-state index in [0.717, 1.165) is 38.2 Å². The molecule has 1 aliphatic heterocycles. The summed E-state index contributed by atoms with van der Waals surface area (Å²) in [6.07, 6.45) is 1.98. The van der Waals surface area contributed by atoms with Crippen LogP contribution < -0.4 is 5.32 Å². The van der Waals surface area contributed by atoms with E-state index < -0.39 is 0 Å². The van der Waals surface area contributed by atoms with Gasteiger partial charge in [0.15, 0.2) is 0 Å². The smallest absolute Gasteiger partial charge is 0.137 e. The minimum atomic E-state index is -0.208. The molecule has 1 saturated heterocycles. The molecule has 1 atom stereocenters. The van der Waals surface area contributed by atoms with Gasteiger partial charge in [0, 0.05) is 24.6 Å². The van der Waals surface area contributed by atoms with Crippen molar-refractivity contribution in [3.63, 3.8) is 0 Å². The molecule has 1 heterocycles. The number of hydrogen-bond acceptors (Lipinski definition) is 2. The molecule has 0 aromatic heterocycles. The van der Waals surface area contributed by atoms with Crippen LogP contribution in [0, 0.1) is 11.2 Å². The van der Waals surface area contributed by atoms with Crippen molar-refractivity contribution in [3.05, 3.63) is 34.1 Å². The number of halogens is 2. The Morgan fingerprint density at radius 3 is 2.84 bits per heavy atom. The van der Waals surface area contributed by atoms with Crippen molar-refractivity contribution >= 4 is 15.9 Å². The summed E-state index contributed by atoms with van der Waals surface area (Å²) in [5.41, 5.74) is 1.30. The Balaban J connectivity index is 2.09. The fourth-order valence-corrected chi connectivity index (χ4v) is 2.92. The lowest BCUT2D eigenvalue weighted by atomic mass is 9.80. The van der Waals surface area contributed by atoms with Crippen LogP contribution in [0.5, 0.6) is 0 Å². The van der Waals surface area contributed by atoms with Crippen LogP contribution in [-0.2, 0) is 11.2 Å². The third-order valence-corrected chi connectivity index (χ3v) is 4.24. The lowest BCUT2D eigenvalue weighted by molar-refractivity contribution is 0.148. The van der Waals surface area contributed by atoms with Gasteiger partial charge in [-0.15, -0.1) is 0 Å². The zero-order chi connectivity index (χ0) is 13.9. The van der Waals surface area contributed by atoms with Crippen molar-refractivity contribution in [2.75, 3.05) is 19.8 Å². The van der Waals surface area contributed by atoms with Gasteiger partial charge in [0.2, 0.25) is 0 Å². The van der Waals surface area contributed by atoms with Crippen LogP contribution in [0.1, 0.15) is 25.8 Å². The molecular weight excluding hydrogens is 309 g/mol. The maximum atomic E-state index is 13.3. The highest BCUT2D eigenvalue weighted by Gasteiger charge is 2.35. The normalized spacial score (nSPS) is 23.2. The summed E-state index contributed by atoms with van der Waals surface area (Å²) in [4.78, 5) is 0. The van der Waals surface area contributed by atoms with Gasteiger partial charge < -0.3 is 10.1 Å². The topological polar surface area (TPSA) is 21.3 Å². The van der Waals surface area contributed by atoms with E-state index in [9.17, 15) is 4.39 Å². The summed E-state index contributed by atoms with van der Waals surface area (Å²) in [6, 6.07) is 5.75. The van der Waals surface area contributed by atoms with E-state index in [1.807, 2.05) is 12.1 Å². The molecule has 1 unspecified atom stereocenters. The van der Waals surface area contributed by atoms with E-state index in [1.54, 1.807) is 0 Å². The van der Waals surface area contributed by atoms with Gasteiger partial charge in [-0.3, -0.25) is 0 Å². The summed E-state index contributed by atoms with van der Waals surface area (Å²) in [5, 5.41) is 3.51. The highest BCUT2D eigenvalue weighted by Crippen LogP contribution is 2.33. The maximum Gasteiger partial charge on any atom is 0.137 e. The van der Waals surface area contributed by atoms with Gasteiger partial charge >= 0.3 is 0 Å². The number of nitrogens with one attached hydrogen (secondary N) is 1. The van der Waals surface area contributed by atoms with Crippen LogP contribution in [0.3, 0.4) is 0 Å². The van der Waals surface area contributed by atoms with Crippen molar-refractivity contribution in [2.24, 2.45) is 5.41 Å². The fourth-order valence-electron chi connectivity index (χ4n) is 2.49. The van der Waals surface area contributed by atoms with E-state index in [0.29, 0.717) is 10.5 Å². The van der Waals surface area contributed by atoms with E-state index in [-0.39, 0.29) is 11.2 Å². The Morgan fingerprint density at radius 2 is 2.26 bits per heavy atom. The lowest BCUT2D eigenvalue weighted by Gasteiger charge is -2.29. The van der Waals surface area contributed by atoms with Crippen molar-refractivity contribution in [3.8, 4) is 0 Å². The zero-order valence-corrected chi connectivity index (χ0v) is 13.1. The predicted octanol–water partition coefficient (Wildman–Crippen LogP) is 3.54. The third-order valence-electron chi connectivity index (χ3n) is 3.63. The molecule has 1 N–H and O–H groups in total. The van der Waals surface area contributed by atoms with Crippen molar-refractivity contribution in [1.82, 2.24) is 5.32 Å². The number of hydrogen-bond donors (Lipinski definition) is 1. The molecule has 0 saturated carbocycles. The van der Waals surface area contributed by atoms with Gasteiger partial charge in [0.05, 0.1) is 11.1 Å². The Kier molecular flexibility index (Phi) is 4.98. The SMILES string of the molecule is CC(C)NCC1(Cc2ccc(F)c(Br)c2)CCOC1. The monoisotopic (exact) mass is 329 g/mol. The minimum absolute atomic E-state index is 0.140. The first-order valence-electron chi connectivity index (χ1n) is 6.76. The number of ether oxygens (including phenoxy) is 1. The highest BCUT2D eigenvalue weighted by atomic mass is 79.9. The predicted molar refractivity (Wildman–Crippen MR) is 78.8 cm³/mol. The largest absolute Gasteiger partial charge is 0.381 e. The van der Waals surface area contributed by atoms with Crippen LogP contribution >= 0.6 is 15.9 Å². The Labute approximate surface area is 122 Å². The first-order chi connectivity index (χ1) is 9.01. The standard InChI is InChI=1S/C15H21BrFNO/c1-11(2)18-9-15(5-6-19-10-15)8-12-3-4-14(17)13(16)7-12/h3-4,7,11,18H,5-6,8-10H2,1-2H3. The summed E-state index contributed by atoms with van der Waals surface area (Å²) < 4.78 is 19.4. The first-order valence-corrected chi connectivity index (χ1v) is 7.55. The molecule has 0 aliphatic carbocycles. The molecule has 19 heavy (non-hydrogen) atoms. The van der Waals surface area contributed by atoms with E-state index in [2.05, 4.69) is 35.1 Å². The van der Waals surface area contributed by atoms with Gasteiger partial charge in [-0.05, 0) is 46.5 Å². The molecule has 2 nitrogen and oxygen atoms in total. The lowest BCUT2D eigenvalue weighted by Crippen LogP contribution is -2.39. The summed E-state index contributed by atoms with van der Waals surface area (Å²) >= 11 is 3.25. The molecule has 1 fully saturated rings. The van der Waals surface area contributed by atoms with E-state index in [1.165, 1.54) is 6.07 Å². The molecule has 4 heteroatoms. The Morgan fingerprint density at radius 1 is 1.47 bits per heavy atom. The molecule has 1 aliphatic rings. The quantitative estimate of drug-likeness (QED) is 0.892. The summed E-state index contributed by atoms with van der Waals surface area (Å²) in [6.45, 7) is 6.85. The second kappa shape index (κ2) is 6.33. The van der Waals surface area contributed by atoms with Crippen molar-refractivity contribution in [2.45, 2.75) is 32.7 Å². The average molecular weight is 330 g/mol. The van der Waals surface area contributed by atoms with Crippen LogP contribution in [-0.4, -0.2) is 25.8 Å². The summed E-state index contributed by atoms with van der Waals surface area (Å²) in [5.74, 6) is -0.208. The number of rotatable bonds is 5. The third kappa shape index (κ3) is 4.01. The molecule has 2 rings (SSSR count). The second-order valence-electron chi connectivity index (χ2n) is 5.76. The second-order valence-corrected chi connectivity index (χ2v) is 6.62. The maximum absolute atomic E-state index is 13.3. The van der Waals surface area contributed by atoms with Gasteiger partial charge in [-0.2, -0.15) is 0 Å². The van der Waals surface area contributed by atoms with Gasteiger partial charge in [0.1, 0.15) is 5.82 Å². The molecule has 0 radical (unpaired) electrons. The van der Waals surface area contributed by atoms with Gasteiger partial charge in [-0.25, -0.2) is 4.39 Å². The highest BCUT2D eigenvalue weighted by molar-refractivity contribution is 9.10. The van der Waals surface area contributed by atoms with Crippen molar-refractivity contribution in [1.29, 1.82) is 0 Å². The molecule has 0 bridgehead atoms. The van der Waals surface area contributed by atoms with Crippen LogP contribution in [0.4, 0.5) is 4.39 Å². The molecule has 1 aromatic carbocycles. The van der Waals surface area contributed by atoms with Gasteiger partial charge in [-0.1, -0.05) is 19.9 Å². The average Bonchev–Trinajstić information content (AvgIpc) is 2.81. The first kappa shape index (κ1) is 14.9. The Bertz CT molecular complexity index is 430. The Hall–Kier alpha value is -0.450.